The Kier molecular flexibility index (Phi) is 3.63. The van der Waals surface area contributed by atoms with Gasteiger partial charge in [-0.25, -0.2) is 0 Å². The summed E-state index contributed by atoms with van der Waals surface area (Å²) in [6, 6.07) is 0. The van der Waals surface area contributed by atoms with Gasteiger partial charge in [0.25, 0.3) is 5.91 Å². The lowest BCUT2D eigenvalue weighted by Crippen LogP contribution is -2.30. The van der Waals surface area contributed by atoms with Crippen LogP contribution in [0.5, 0.6) is 0 Å². The number of hydrogen-bond donors (Lipinski definition) is 1. The molecule has 1 fully saturated rings. The van der Waals surface area contributed by atoms with Gasteiger partial charge in [0.2, 0.25) is 0 Å². The van der Waals surface area contributed by atoms with Gasteiger partial charge in [0.1, 0.15) is 0 Å². The van der Waals surface area contributed by atoms with Crippen molar-refractivity contribution in [3.63, 3.8) is 0 Å². The second kappa shape index (κ2) is 5.25. The molecule has 3 rings (SSSR count). The highest BCUT2D eigenvalue weighted by molar-refractivity contribution is 7.10. The lowest BCUT2D eigenvalue weighted by Gasteiger charge is -2.21. The van der Waals surface area contributed by atoms with Crippen molar-refractivity contribution in [3.8, 4) is 0 Å². The summed E-state index contributed by atoms with van der Waals surface area (Å²) in [5.74, 6) is 1.21. The van der Waals surface area contributed by atoms with Crippen LogP contribution < -0.4 is 0 Å². The Balaban J connectivity index is 1.78. The fraction of sp³-hybridized carbons (Fsp3) is 0.667. The van der Waals surface area contributed by atoms with E-state index in [9.17, 15) is 9.90 Å². The summed E-state index contributed by atoms with van der Waals surface area (Å²) in [5.41, 5.74) is 2.24. The summed E-state index contributed by atoms with van der Waals surface area (Å²) in [7, 11) is 0. The molecule has 1 aromatic rings. The molecule has 0 aromatic carbocycles. The maximum atomic E-state index is 12.6. The van der Waals surface area contributed by atoms with Gasteiger partial charge in [-0.1, -0.05) is 6.92 Å². The zero-order valence-electron chi connectivity index (χ0n) is 11.4. The molecule has 1 aliphatic carbocycles. The third-order valence-corrected chi connectivity index (χ3v) is 5.51. The molecule has 1 aromatic heterocycles. The van der Waals surface area contributed by atoms with Gasteiger partial charge >= 0.3 is 0 Å². The monoisotopic (exact) mass is 279 g/mol. The van der Waals surface area contributed by atoms with E-state index >= 15 is 0 Å². The van der Waals surface area contributed by atoms with Crippen molar-refractivity contribution in [1.82, 2.24) is 4.90 Å². The van der Waals surface area contributed by atoms with Crippen LogP contribution in [0.15, 0.2) is 5.38 Å². The Hall–Kier alpha value is -0.870. The molecule has 1 amide bonds. The molecule has 104 valence electrons. The second-order valence-electron chi connectivity index (χ2n) is 5.99. The smallest absolute Gasteiger partial charge is 0.254 e. The third kappa shape index (κ3) is 2.43. The Morgan fingerprint density at radius 3 is 3.11 bits per heavy atom. The Morgan fingerprint density at radius 2 is 2.37 bits per heavy atom. The van der Waals surface area contributed by atoms with Crippen molar-refractivity contribution in [2.24, 2.45) is 11.8 Å². The van der Waals surface area contributed by atoms with E-state index in [1.807, 2.05) is 4.90 Å². The van der Waals surface area contributed by atoms with E-state index < -0.39 is 0 Å². The van der Waals surface area contributed by atoms with E-state index in [1.54, 1.807) is 11.3 Å². The standard InChI is InChI=1S/C15H21NO2S/c1-10-2-3-12-13(9-19-14(12)6-10)15(18)16-5-4-11(7-16)8-17/h9-11,17H,2-8H2,1H3. The number of rotatable bonds is 2. The number of fused-ring (bicyclic) bond motifs is 1. The number of likely N-dealkylation sites (tertiary alicyclic amines) is 1. The summed E-state index contributed by atoms with van der Waals surface area (Å²) < 4.78 is 0. The molecule has 2 heterocycles. The van der Waals surface area contributed by atoms with Crippen LogP contribution in [0.3, 0.4) is 0 Å². The third-order valence-electron chi connectivity index (χ3n) is 4.46. The van der Waals surface area contributed by atoms with Crippen molar-refractivity contribution < 1.29 is 9.90 Å². The molecule has 3 nitrogen and oxygen atoms in total. The average molecular weight is 279 g/mol. The molecule has 2 unspecified atom stereocenters. The van der Waals surface area contributed by atoms with E-state index in [0.717, 1.165) is 43.8 Å². The molecule has 1 N–H and O–H groups in total. The Bertz CT molecular complexity index is 482. The number of carbonyl (C=O) groups is 1. The van der Waals surface area contributed by atoms with Crippen LogP contribution in [0.25, 0.3) is 0 Å². The Labute approximate surface area is 118 Å². The summed E-state index contributed by atoms with van der Waals surface area (Å²) in [4.78, 5) is 15.9. The molecule has 19 heavy (non-hydrogen) atoms. The van der Waals surface area contributed by atoms with Gasteiger partial charge < -0.3 is 10.0 Å². The van der Waals surface area contributed by atoms with Gasteiger partial charge in [0.15, 0.2) is 0 Å². The minimum atomic E-state index is 0.183. The zero-order valence-corrected chi connectivity index (χ0v) is 12.2. The van der Waals surface area contributed by atoms with Crippen LogP contribution in [0, 0.1) is 11.8 Å². The number of nitrogens with zero attached hydrogens (tertiary/aromatic N) is 1. The molecule has 0 spiro atoms. The molecule has 2 aliphatic rings. The first kappa shape index (κ1) is 13.1. The highest BCUT2D eigenvalue weighted by atomic mass is 32.1. The summed E-state index contributed by atoms with van der Waals surface area (Å²) in [5, 5.41) is 11.2. The van der Waals surface area contributed by atoms with Gasteiger partial charge in [0.05, 0.1) is 5.56 Å². The number of aliphatic hydroxyl groups excluding tert-OH is 1. The second-order valence-corrected chi connectivity index (χ2v) is 6.95. The number of carbonyl (C=O) groups excluding carboxylic acids is 1. The highest BCUT2D eigenvalue weighted by Gasteiger charge is 2.30. The normalized spacial score (nSPS) is 26.5. The molecule has 1 saturated heterocycles. The SMILES string of the molecule is CC1CCc2c(C(=O)N3CCC(CO)C3)csc2C1. The quantitative estimate of drug-likeness (QED) is 0.902. The van der Waals surface area contributed by atoms with Crippen molar-refractivity contribution in [1.29, 1.82) is 0 Å². The molecule has 2 atom stereocenters. The molecule has 4 heteroatoms. The van der Waals surface area contributed by atoms with Crippen molar-refractivity contribution >= 4 is 17.2 Å². The largest absolute Gasteiger partial charge is 0.396 e. The van der Waals surface area contributed by atoms with Crippen LogP contribution in [0.1, 0.15) is 40.6 Å². The molecule has 0 saturated carbocycles. The molecular weight excluding hydrogens is 258 g/mol. The van der Waals surface area contributed by atoms with E-state index in [1.165, 1.54) is 16.9 Å². The van der Waals surface area contributed by atoms with Crippen LogP contribution in [-0.4, -0.2) is 35.6 Å². The predicted molar refractivity (Wildman–Crippen MR) is 76.6 cm³/mol. The van der Waals surface area contributed by atoms with Gasteiger partial charge in [-0.2, -0.15) is 0 Å². The predicted octanol–water partition coefficient (Wildman–Crippen LogP) is 2.33. The highest BCUT2D eigenvalue weighted by Crippen LogP contribution is 2.34. The Morgan fingerprint density at radius 1 is 1.53 bits per heavy atom. The van der Waals surface area contributed by atoms with E-state index in [-0.39, 0.29) is 18.4 Å². The minimum Gasteiger partial charge on any atom is -0.396 e. The van der Waals surface area contributed by atoms with Crippen molar-refractivity contribution in [3.05, 3.63) is 21.4 Å². The molecule has 1 aliphatic heterocycles. The average Bonchev–Trinajstić information content (AvgIpc) is 3.03. The van der Waals surface area contributed by atoms with Crippen LogP contribution in [0.4, 0.5) is 0 Å². The van der Waals surface area contributed by atoms with Gasteiger partial charge in [-0.3, -0.25) is 4.79 Å². The van der Waals surface area contributed by atoms with Crippen molar-refractivity contribution in [2.75, 3.05) is 19.7 Å². The molecule has 0 bridgehead atoms. The number of thiophene rings is 1. The number of hydrogen-bond acceptors (Lipinski definition) is 3. The first-order chi connectivity index (χ1) is 9.19. The fourth-order valence-electron chi connectivity index (χ4n) is 3.19. The fourth-order valence-corrected chi connectivity index (χ4v) is 4.43. The summed E-state index contributed by atoms with van der Waals surface area (Å²) >= 11 is 1.75. The van der Waals surface area contributed by atoms with Gasteiger partial charge in [-0.05, 0) is 37.2 Å². The number of aliphatic hydroxyl groups is 1. The molecule has 0 radical (unpaired) electrons. The maximum Gasteiger partial charge on any atom is 0.254 e. The number of amides is 1. The van der Waals surface area contributed by atoms with E-state index in [0.29, 0.717) is 0 Å². The maximum absolute atomic E-state index is 12.6. The van der Waals surface area contributed by atoms with Gasteiger partial charge in [-0.15, -0.1) is 11.3 Å². The van der Waals surface area contributed by atoms with Gasteiger partial charge in [0, 0.05) is 35.9 Å². The van der Waals surface area contributed by atoms with E-state index in [2.05, 4.69) is 12.3 Å². The first-order valence-corrected chi connectivity index (χ1v) is 8.06. The van der Waals surface area contributed by atoms with Crippen molar-refractivity contribution in [2.45, 2.75) is 32.6 Å². The topological polar surface area (TPSA) is 40.5 Å². The molecular formula is C15H21NO2S. The minimum absolute atomic E-state index is 0.183. The van der Waals surface area contributed by atoms with E-state index in [4.69, 9.17) is 0 Å². The summed E-state index contributed by atoms with van der Waals surface area (Å²) in [6.45, 7) is 4.00. The van der Waals surface area contributed by atoms with Crippen LogP contribution >= 0.6 is 11.3 Å². The summed E-state index contributed by atoms with van der Waals surface area (Å²) in [6.07, 6.45) is 4.32. The lowest BCUT2D eigenvalue weighted by molar-refractivity contribution is 0.0781. The zero-order chi connectivity index (χ0) is 13.4. The van der Waals surface area contributed by atoms with Crippen LogP contribution in [0.2, 0.25) is 0 Å². The lowest BCUT2D eigenvalue weighted by atomic mass is 9.88. The van der Waals surface area contributed by atoms with Crippen LogP contribution in [-0.2, 0) is 12.8 Å². The first-order valence-electron chi connectivity index (χ1n) is 7.18.